The summed E-state index contributed by atoms with van der Waals surface area (Å²) in [6, 6.07) is 0. The van der Waals surface area contributed by atoms with Crippen molar-refractivity contribution in [3.05, 3.63) is 43.5 Å². The first kappa shape index (κ1) is 15.0. The number of halogens is 1. The van der Waals surface area contributed by atoms with E-state index in [1.54, 1.807) is 24.6 Å². The van der Waals surface area contributed by atoms with E-state index < -0.39 is 0 Å². The highest BCUT2D eigenvalue weighted by Gasteiger charge is 2.09. The maximum Gasteiger partial charge on any atom is 0.287 e. The molecule has 0 atom stereocenters. The lowest BCUT2D eigenvalue weighted by atomic mass is 10.2. The van der Waals surface area contributed by atoms with Crippen LogP contribution in [0.25, 0.3) is 0 Å². The molecule has 2 heterocycles. The molecule has 108 valence electrons. The Labute approximate surface area is 126 Å². The van der Waals surface area contributed by atoms with Gasteiger partial charge in [0.25, 0.3) is 5.56 Å². The molecule has 7 heteroatoms. The number of hydrogen-bond acceptors (Lipinski definition) is 5. The first-order valence-corrected chi connectivity index (χ1v) is 7.45. The molecule has 5 nitrogen and oxygen atoms in total. The van der Waals surface area contributed by atoms with Gasteiger partial charge < -0.3 is 10.1 Å². The fourth-order valence-electron chi connectivity index (χ4n) is 1.68. The standard InChI is InChI=1S/C13H16ClN3O2S/c1-9-7-20-8-10(9)5-15-11-6-16-17(3-4-19-2)13(18)12(11)14/h6-8,15H,3-5H2,1-2H3. The molecule has 2 rings (SSSR count). The van der Waals surface area contributed by atoms with Gasteiger partial charge in [-0.1, -0.05) is 11.6 Å². The second-order valence-corrected chi connectivity index (χ2v) is 5.45. The Morgan fingerprint density at radius 2 is 2.30 bits per heavy atom. The van der Waals surface area contributed by atoms with E-state index in [9.17, 15) is 4.79 Å². The number of thiophene rings is 1. The normalized spacial score (nSPS) is 10.8. The van der Waals surface area contributed by atoms with Crippen molar-refractivity contribution in [3.63, 3.8) is 0 Å². The number of aromatic nitrogens is 2. The Kier molecular flexibility index (Phi) is 5.17. The number of rotatable bonds is 6. The molecular weight excluding hydrogens is 298 g/mol. The van der Waals surface area contributed by atoms with E-state index >= 15 is 0 Å². The van der Waals surface area contributed by atoms with Gasteiger partial charge in [0.2, 0.25) is 0 Å². The Bertz CT molecular complexity index is 639. The van der Waals surface area contributed by atoms with Gasteiger partial charge in [-0.3, -0.25) is 4.79 Å². The maximum atomic E-state index is 12.0. The summed E-state index contributed by atoms with van der Waals surface area (Å²) in [5.41, 5.74) is 2.65. The Morgan fingerprint density at radius 1 is 1.50 bits per heavy atom. The third kappa shape index (κ3) is 3.39. The van der Waals surface area contributed by atoms with Gasteiger partial charge in [-0.15, -0.1) is 0 Å². The Hall–Kier alpha value is -1.37. The van der Waals surface area contributed by atoms with Crippen molar-refractivity contribution in [1.29, 1.82) is 0 Å². The molecular formula is C13H16ClN3O2S. The molecule has 2 aromatic rings. The van der Waals surface area contributed by atoms with Crippen LogP contribution in [0.5, 0.6) is 0 Å². The summed E-state index contributed by atoms with van der Waals surface area (Å²) >= 11 is 7.74. The highest BCUT2D eigenvalue weighted by atomic mass is 35.5. The number of nitrogens with zero attached hydrogens (tertiary/aromatic N) is 2. The number of ether oxygens (including phenoxy) is 1. The van der Waals surface area contributed by atoms with E-state index in [0.29, 0.717) is 25.4 Å². The zero-order chi connectivity index (χ0) is 14.5. The fourth-order valence-corrected chi connectivity index (χ4v) is 2.75. The third-order valence-corrected chi connectivity index (χ3v) is 4.20. The van der Waals surface area contributed by atoms with Crippen LogP contribution in [0.4, 0.5) is 5.69 Å². The topological polar surface area (TPSA) is 56.1 Å². The number of nitrogens with one attached hydrogen (secondary N) is 1. The molecule has 1 N–H and O–H groups in total. The lowest BCUT2D eigenvalue weighted by molar-refractivity contribution is 0.182. The molecule has 0 fully saturated rings. The van der Waals surface area contributed by atoms with Crippen molar-refractivity contribution in [2.75, 3.05) is 19.0 Å². The van der Waals surface area contributed by atoms with Crippen LogP contribution in [0.15, 0.2) is 21.8 Å². The predicted molar refractivity (Wildman–Crippen MR) is 81.8 cm³/mol. The molecule has 0 saturated heterocycles. The average molecular weight is 314 g/mol. The Morgan fingerprint density at radius 3 is 2.95 bits per heavy atom. The van der Waals surface area contributed by atoms with Crippen LogP contribution in [0.1, 0.15) is 11.1 Å². The van der Waals surface area contributed by atoms with Crippen LogP contribution in [0.3, 0.4) is 0 Å². The molecule has 0 spiro atoms. The van der Waals surface area contributed by atoms with Gasteiger partial charge >= 0.3 is 0 Å². The molecule has 0 aromatic carbocycles. The molecule has 0 aliphatic heterocycles. The quantitative estimate of drug-likeness (QED) is 0.890. The van der Waals surface area contributed by atoms with E-state index in [2.05, 4.69) is 28.1 Å². The van der Waals surface area contributed by atoms with Crippen molar-refractivity contribution < 1.29 is 4.74 Å². The SMILES string of the molecule is COCCn1ncc(NCc2cscc2C)c(Cl)c1=O. The van der Waals surface area contributed by atoms with Gasteiger partial charge in [-0.25, -0.2) is 4.68 Å². The largest absolute Gasteiger partial charge is 0.383 e. The van der Waals surface area contributed by atoms with E-state index in [0.717, 1.165) is 0 Å². The molecule has 0 aliphatic carbocycles. The van der Waals surface area contributed by atoms with Gasteiger partial charge in [0.1, 0.15) is 5.02 Å². The molecule has 2 aromatic heterocycles. The van der Waals surface area contributed by atoms with E-state index in [1.165, 1.54) is 15.8 Å². The maximum absolute atomic E-state index is 12.0. The highest BCUT2D eigenvalue weighted by molar-refractivity contribution is 7.08. The minimum atomic E-state index is -0.309. The summed E-state index contributed by atoms with van der Waals surface area (Å²) in [5.74, 6) is 0. The van der Waals surface area contributed by atoms with Crippen LogP contribution in [0.2, 0.25) is 5.02 Å². The monoisotopic (exact) mass is 313 g/mol. The van der Waals surface area contributed by atoms with Crippen molar-refractivity contribution in [2.24, 2.45) is 0 Å². The average Bonchev–Trinajstić information content (AvgIpc) is 2.85. The summed E-state index contributed by atoms with van der Waals surface area (Å²) in [5, 5.41) is 11.5. The second-order valence-electron chi connectivity index (χ2n) is 4.33. The van der Waals surface area contributed by atoms with Crippen molar-refractivity contribution >= 4 is 28.6 Å². The van der Waals surface area contributed by atoms with Crippen molar-refractivity contribution in [1.82, 2.24) is 9.78 Å². The van der Waals surface area contributed by atoms with Gasteiger partial charge in [-0.2, -0.15) is 16.4 Å². The smallest absolute Gasteiger partial charge is 0.287 e. The van der Waals surface area contributed by atoms with Gasteiger partial charge in [0.05, 0.1) is 25.0 Å². The van der Waals surface area contributed by atoms with Crippen LogP contribution in [-0.4, -0.2) is 23.5 Å². The molecule has 20 heavy (non-hydrogen) atoms. The van der Waals surface area contributed by atoms with Crippen LogP contribution >= 0.6 is 22.9 Å². The molecule has 0 unspecified atom stereocenters. The number of anilines is 1. The van der Waals surface area contributed by atoms with E-state index in [-0.39, 0.29) is 10.6 Å². The number of hydrogen-bond donors (Lipinski definition) is 1. The van der Waals surface area contributed by atoms with Gasteiger partial charge in [-0.05, 0) is 28.8 Å². The first-order valence-electron chi connectivity index (χ1n) is 6.13. The second kappa shape index (κ2) is 6.88. The van der Waals surface area contributed by atoms with Gasteiger partial charge in [0.15, 0.2) is 0 Å². The molecule has 0 saturated carbocycles. The fraction of sp³-hybridized carbons (Fsp3) is 0.385. The zero-order valence-electron chi connectivity index (χ0n) is 11.4. The van der Waals surface area contributed by atoms with Crippen LogP contribution in [-0.2, 0) is 17.8 Å². The zero-order valence-corrected chi connectivity index (χ0v) is 12.9. The van der Waals surface area contributed by atoms with E-state index in [4.69, 9.17) is 16.3 Å². The molecule has 0 radical (unpaired) electrons. The summed E-state index contributed by atoms with van der Waals surface area (Å²) < 4.78 is 6.22. The lowest BCUT2D eigenvalue weighted by Gasteiger charge is -2.10. The first-order chi connectivity index (χ1) is 9.63. The third-order valence-electron chi connectivity index (χ3n) is 2.92. The summed E-state index contributed by atoms with van der Waals surface area (Å²) in [4.78, 5) is 12.0. The van der Waals surface area contributed by atoms with Crippen LogP contribution in [0, 0.1) is 6.92 Å². The lowest BCUT2D eigenvalue weighted by Crippen LogP contribution is -2.26. The Balaban J connectivity index is 2.11. The summed E-state index contributed by atoms with van der Waals surface area (Å²) in [7, 11) is 1.58. The number of aryl methyl sites for hydroxylation is 1. The predicted octanol–water partition coefficient (Wildman–Crippen LogP) is 2.53. The minimum Gasteiger partial charge on any atom is -0.383 e. The van der Waals surface area contributed by atoms with Crippen LogP contribution < -0.4 is 10.9 Å². The molecule has 0 amide bonds. The van der Waals surface area contributed by atoms with Gasteiger partial charge in [0, 0.05) is 13.7 Å². The highest BCUT2D eigenvalue weighted by Crippen LogP contribution is 2.19. The number of methoxy groups -OCH3 is 1. The minimum absolute atomic E-state index is 0.156. The van der Waals surface area contributed by atoms with Crippen molar-refractivity contribution in [2.45, 2.75) is 20.0 Å². The molecule has 0 bridgehead atoms. The van der Waals surface area contributed by atoms with E-state index in [1.807, 2.05) is 0 Å². The molecule has 0 aliphatic rings. The summed E-state index contributed by atoms with van der Waals surface area (Å²) in [6.45, 7) is 3.48. The van der Waals surface area contributed by atoms with Crippen molar-refractivity contribution in [3.8, 4) is 0 Å². The summed E-state index contributed by atoms with van der Waals surface area (Å²) in [6.07, 6.45) is 1.57.